The van der Waals surface area contributed by atoms with Crippen LogP contribution in [0.3, 0.4) is 0 Å². The van der Waals surface area contributed by atoms with Crippen LogP contribution < -0.4 is 0 Å². The van der Waals surface area contributed by atoms with E-state index in [0.29, 0.717) is 12.2 Å². The molecule has 0 bridgehead atoms. The average molecular weight is 579 g/mol. The second kappa shape index (κ2) is 12.5. The lowest BCUT2D eigenvalue weighted by atomic mass is 9.80. The molecule has 0 aliphatic carbocycles. The van der Waals surface area contributed by atoms with Crippen molar-refractivity contribution in [1.29, 1.82) is 0 Å². The van der Waals surface area contributed by atoms with Gasteiger partial charge in [0, 0.05) is 0 Å². The van der Waals surface area contributed by atoms with Gasteiger partial charge in [0.15, 0.2) is 12.1 Å². The lowest BCUT2D eigenvalue weighted by Crippen LogP contribution is -2.44. The lowest BCUT2D eigenvalue weighted by molar-refractivity contribution is -0.227. The van der Waals surface area contributed by atoms with E-state index in [0.717, 1.165) is 22.3 Å². The third-order valence-electron chi connectivity index (χ3n) is 8.04. The number of fused-ring (bicyclic) bond motifs is 1. The number of aliphatic hydroxyl groups is 1. The van der Waals surface area contributed by atoms with Crippen molar-refractivity contribution in [3.63, 3.8) is 0 Å². The fraction of sp³-hybridized carbons (Fsp3) is 0.297. The van der Waals surface area contributed by atoms with Gasteiger partial charge in [-0.25, -0.2) is 0 Å². The van der Waals surface area contributed by atoms with Crippen LogP contribution in [-0.4, -0.2) is 48.2 Å². The van der Waals surface area contributed by atoms with Gasteiger partial charge in [-0.2, -0.15) is 0 Å². The van der Waals surface area contributed by atoms with E-state index < -0.39 is 42.1 Å². The molecule has 4 aromatic carbocycles. The van der Waals surface area contributed by atoms with Crippen molar-refractivity contribution >= 4 is 0 Å². The summed E-state index contributed by atoms with van der Waals surface area (Å²) < 4.78 is 31.7. The van der Waals surface area contributed by atoms with E-state index in [2.05, 4.69) is 43.0 Å². The van der Waals surface area contributed by atoms with Gasteiger partial charge < -0.3 is 28.8 Å². The van der Waals surface area contributed by atoms with Crippen LogP contribution in [0, 0.1) is 0 Å². The molecule has 2 fully saturated rings. The molecule has 0 aromatic heterocycles. The zero-order valence-electron chi connectivity index (χ0n) is 24.5. The quantitative estimate of drug-likeness (QED) is 0.165. The van der Waals surface area contributed by atoms with Crippen molar-refractivity contribution in [2.24, 2.45) is 0 Å². The van der Waals surface area contributed by atoms with Gasteiger partial charge in [-0.15, -0.1) is 0 Å². The highest BCUT2D eigenvalue weighted by Gasteiger charge is 2.56. The molecular formula is C37H38O6. The predicted molar refractivity (Wildman–Crippen MR) is 164 cm³/mol. The summed E-state index contributed by atoms with van der Waals surface area (Å²) in [7, 11) is 0. The van der Waals surface area contributed by atoms with E-state index >= 15 is 0 Å². The first-order chi connectivity index (χ1) is 20.9. The second-order valence-corrected chi connectivity index (χ2v) is 11.5. The predicted octanol–water partition coefficient (Wildman–Crippen LogP) is 6.37. The van der Waals surface area contributed by atoms with Gasteiger partial charge in [-0.3, -0.25) is 0 Å². The molecule has 2 saturated heterocycles. The second-order valence-electron chi connectivity index (χ2n) is 11.5. The Morgan fingerprint density at radius 3 is 1.77 bits per heavy atom. The Kier molecular flexibility index (Phi) is 8.59. The molecule has 1 N–H and O–H groups in total. The molecule has 6 nitrogen and oxygen atoms in total. The van der Waals surface area contributed by atoms with Crippen LogP contribution in [0.5, 0.6) is 0 Å². The van der Waals surface area contributed by atoms with Crippen molar-refractivity contribution in [1.82, 2.24) is 0 Å². The Bertz CT molecular complexity index is 1380. The molecule has 2 heterocycles. The minimum Gasteiger partial charge on any atom is -0.387 e. The van der Waals surface area contributed by atoms with E-state index in [1.54, 1.807) is 0 Å². The normalized spacial score (nSPS) is 23.5. The summed E-state index contributed by atoms with van der Waals surface area (Å²) in [4.78, 5) is 0. The van der Waals surface area contributed by atoms with Crippen molar-refractivity contribution in [3.8, 4) is 0 Å². The molecular weight excluding hydrogens is 540 g/mol. The summed E-state index contributed by atoms with van der Waals surface area (Å²) in [6, 6.07) is 40.4. The first-order valence-electron chi connectivity index (χ1n) is 14.7. The maximum atomic E-state index is 11.4. The van der Waals surface area contributed by atoms with Crippen LogP contribution in [0.25, 0.3) is 0 Å². The van der Waals surface area contributed by atoms with Crippen molar-refractivity contribution in [2.75, 3.05) is 6.61 Å². The third-order valence-corrected chi connectivity index (χ3v) is 8.04. The molecule has 0 unspecified atom stereocenters. The Morgan fingerprint density at radius 1 is 0.791 bits per heavy atom. The highest BCUT2D eigenvalue weighted by atomic mass is 16.8. The number of rotatable bonds is 11. The minimum absolute atomic E-state index is 0.132. The van der Waals surface area contributed by atoms with E-state index in [-0.39, 0.29) is 6.61 Å². The van der Waals surface area contributed by atoms with E-state index in [4.69, 9.17) is 23.7 Å². The molecule has 2 aliphatic rings. The van der Waals surface area contributed by atoms with Crippen LogP contribution in [0.2, 0.25) is 0 Å². The molecule has 43 heavy (non-hydrogen) atoms. The molecule has 0 radical (unpaired) electrons. The van der Waals surface area contributed by atoms with Crippen molar-refractivity contribution in [3.05, 3.63) is 156 Å². The van der Waals surface area contributed by atoms with Crippen LogP contribution in [-0.2, 0) is 35.9 Å². The fourth-order valence-corrected chi connectivity index (χ4v) is 6.02. The monoisotopic (exact) mass is 578 g/mol. The standard InChI is InChI=1S/C37H38O6/c1-26(32(39-25-27-16-8-4-9-17-27)33-31(38)34-35(41-33)43-36(2,3)42-34)24-40-37(28-18-10-5-11-19-28,29-20-12-6-13-21-29)30-22-14-7-15-23-30/h4-23,31-35,38H,1,24-25H2,2-3H3/t31-,32+,33-,34+,35+/m0/s1. The van der Waals surface area contributed by atoms with Gasteiger partial charge >= 0.3 is 0 Å². The first kappa shape index (κ1) is 29.5. The maximum Gasteiger partial charge on any atom is 0.190 e. The summed E-state index contributed by atoms with van der Waals surface area (Å²) in [5.74, 6) is -0.845. The summed E-state index contributed by atoms with van der Waals surface area (Å²) in [6.07, 6.45) is -3.77. The molecule has 4 aromatic rings. The summed E-state index contributed by atoms with van der Waals surface area (Å²) >= 11 is 0. The Hall–Kier alpha value is -3.62. The topological polar surface area (TPSA) is 66.4 Å². The zero-order valence-corrected chi connectivity index (χ0v) is 24.5. The Morgan fingerprint density at radius 2 is 1.28 bits per heavy atom. The number of aliphatic hydroxyl groups excluding tert-OH is 1. The largest absolute Gasteiger partial charge is 0.387 e. The molecule has 2 aliphatic heterocycles. The molecule has 6 heteroatoms. The van der Waals surface area contributed by atoms with E-state index in [9.17, 15) is 5.11 Å². The van der Waals surface area contributed by atoms with Crippen molar-refractivity contribution in [2.45, 2.75) is 62.5 Å². The molecule has 5 atom stereocenters. The molecule has 0 spiro atoms. The molecule has 0 saturated carbocycles. The van der Waals surface area contributed by atoms with Gasteiger partial charge in [0.1, 0.15) is 30.0 Å². The number of benzene rings is 4. The lowest BCUT2D eigenvalue weighted by Gasteiger charge is -2.37. The summed E-state index contributed by atoms with van der Waals surface area (Å²) in [5, 5.41) is 11.4. The first-order valence-corrected chi connectivity index (χ1v) is 14.7. The number of hydrogen-bond acceptors (Lipinski definition) is 6. The zero-order chi connectivity index (χ0) is 29.9. The van der Waals surface area contributed by atoms with Crippen LogP contribution in [0.1, 0.15) is 36.1 Å². The van der Waals surface area contributed by atoms with Crippen molar-refractivity contribution < 1.29 is 28.8 Å². The SMILES string of the molecule is C=C(COC(c1ccccc1)(c1ccccc1)c1ccccc1)[C@@H](OCc1ccccc1)[C@H]1O[C@@H]2OC(C)(C)O[C@@H]2[C@H]1O. The maximum absolute atomic E-state index is 11.4. The molecule has 222 valence electrons. The number of hydrogen-bond donors (Lipinski definition) is 1. The van der Waals surface area contributed by atoms with Gasteiger partial charge in [-0.05, 0) is 41.7 Å². The number of ether oxygens (including phenoxy) is 5. The smallest absolute Gasteiger partial charge is 0.190 e. The van der Waals surface area contributed by atoms with Gasteiger partial charge in [0.2, 0.25) is 0 Å². The molecule has 6 rings (SSSR count). The Labute approximate surface area is 253 Å². The van der Waals surface area contributed by atoms with E-state index in [1.165, 1.54) is 0 Å². The fourth-order valence-electron chi connectivity index (χ4n) is 6.02. The summed E-state index contributed by atoms with van der Waals surface area (Å²) in [5.41, 5.74) is 3.65. The van der Waals surface area contributed by atoms with Gasteiger partial charge in [-0.1, -0.05) is 128 Å². The highest BCUT2D eigenvalue weighted by Crippen LogP contribution is 2.43. The molecule has 0 amide bonds. The third kappa shape index (κ3) is 6.08. The minimum atomic E-state index is -0.980. The Balaban J connectivity index is 1.33. The van der Waals surface area contributed by atoms with E-state index in [1.807, 2.05) is 98.8 Å². The average Bonchev–Trinajstić information content (AvgIpc) is 3.51. The van der Waals surface area contributed by atoms with Crippen LogP contribution in [0.4, 0.5) is 0 Å². The van der Waals surface area contributed by atoms with Gasteiger partial charge in [0.25, 0.3) is 0 Å². The summed E-state index contributed by atoms with van der Waals surface area (Å²) in [6.45, 7) is 8.49. The van der Waals surface area contributed by atoms with Crippen LogP contribution >= 0.6 is 0 Å². The van der Waals surface area contributed by atoms with Gasteiger partial charge in [0.05, 0.1) is 13.2 Å². The highest BCUT2D eigenvalue weighted by molar-refractivity contribution is 5.47. The van der Waals surface area contributed by atoms with Crippen LogP contribution in [0.15, 0.2) is 133 Å².